The zero-order valence-electron chi connectivity index (χ0n) is 14.8. The van der Waals surface area contributed by atoms with Crippen molar-refractivity contribution in [1.82, 2.24) is 5.32 Å². The number of ether oxygens (including phenoxy) is 1. The normalized spacial score (nSPS) is 11.5. The molecule has 1 amide bonds. The Balaban J connectivity index is 1.79. The molecule has 0 spiro atoms. The fraction of sp³-hybridized carbons (Fsp3) is 0.250. The zero-order chi connectivity index (χ0) is 19.8. The van der Waals surface area contributed by atoms with Gasteiger partial charge < -0.3 is 15.2 Å². The SMILES string of the molecule is CC(=O)c1ccc(OCCCC(=O)NC(C(=O)O)c2ccc(Cl)cc2)cc1. The molecule has 0 aliphatic carbocycles. The van der Waals surface area contributed by atoms with Gasteiger partial charge in [0.05, 0.1) is 6.61 Å². The number of carboxylic acids is 1. The quantitative estimate of drug-likeness (QED) is 0.504. The lowest BCUT2D eigenvalue weighted by Gasteiger charge is -2.15. The predicted octanol–water partition coefficient (Wildman–Crippen LogP) is 3.64. The van der Waals surface area contributed by atoms with Crippen LogP contribution in [0.2, 0.25) is 5.02 Å². The third-order valence-electron chi connectivity index (χ3n) is 3.83. The lowest BCUT2D eigenvalue weighted by Crippen LogP contribution is -2.33. The van der Waals surface area contributed by atoms with Gasteiger partial charge in [-0.05, 0) is 55.3 Å². The number of hydrogen-bond acceptors (Lipinski definition) is 4. The minimum Gasteiger partial charge on any atom is -0.494 e. The van der Waals surface area contributed by atoms with Crippen molar-refractivity contribution in [2.24, 2.45) is 0 Å². The molecule has 7 heteroatoms. The first-order valence-electron chi connectivity index (χ1n) is 8.38. The van der Waals surface area contributed by atoms with Gasteiger partial charge in [0, 0.05) is 17.0 Å². The second kappa shape index (κ2) is 9.73. The van der Waals surface area contributed by atoms with E-state index in [1.54, 1.807) is 48.5 Å². The summed E-state index contributed by atoms with van der Waals surface area (Å²) in [4.78, 5) is 34.7. The third-order valence-corrected chi connectivity index (χ3v) is 4.09. The summed E-state index contributed by atoms with van der Waals surface area (Å²) in [7, 11) is 0. The van der Waals surface area contributed by atoms with E-state index in [1.165, 1.54) is 6.92 Å². The van der Waals surface area contributed by atoms with Crippen LogP contribution in [0.15, 0.2) is 48.5 Å². The Bertz CT molecular complexity index is 802. The molecule has 2 N–H and O–H groups in total. The first-order chi connectivity index (χ1) is 12.9. The van der Waals surface area contributed by atoms with E-state index < -0.39 is 12.0 Å². The molecule has 0 saturated heterocycles. The van der Waals surface area contributed by atoms with Gasteiger partial charge in [-0.1, -0.05) is 23.7 Å². The number of carbonyl (C=O) groups is 3. The van der Waals surface area contributed by atoms with Gasteiger partial charge in [0.15, 0.2) is 11.8 Å². The average molecular weight is 390 g/mol. The van der Waals surface area contributed by atoms with Crippen LogP contribution < -0.4 is 10.1 Å². The van der Waals surface area contributed by atoms with Crippen LogP contribution in [0.25, 0.3) is 0 Å². The summed E-state index contributed by atoms with van der Waals surface area (Å²) in [5.74, 6) is -0.947. The van der Waals surface area contributed by atoms with E-state index in [0.717, 1.165) is 0 Å². The lowest BCUT2D eigenvalue weighted by molar-refractivity contribution is -0.142. The molecule has 0 fully saturated rings. The first-order valence-corrected chi connectivity index (χ1v) is 8.76. The summed E-state index contributed by atoms with van der Waals surface area (Å²) in [5.41, 5.74) is 1.05. The molecule has 27 heavy (non-hydrogen) atoms. The molecule has 0 heterocycles. The number of nitrogens with one attached hydrogen (secondary N) is 1. The Morgan fingerprint density at radius 1 is 1.07 bits per heavy atom. The van der Waals surface area contributed by atoms with Gasteiger partial charge in [0.1, 0.15) is 5.75 Å². The van der Waals surface area contributed by atoms with Gasteiger partial charge in [-0.15, -0.1) is 0 Å². The number of hydrogen-bond donors (Lipinski definition) is 2. The van der Waals surface area contributed by atoms with E-state index in [9.17, 15) is 19.5 Å². The Morgan fingerprint density at radius 3 is 2.26 bits per heavy atom. The maximum Gasteiger partial charge on any atom is 0.330 e. The van der Waals surface area contributed by atoms with Crippen LogP contribution in [0, 0.1) is 0 Å². The van der Waals surface area contributed by atoms with E-state index in [4.69, 9.17) is 16.3 Å². The molecule has 2 rings (SSSR count). The molecule has 0 bridgehead atoms. The van der Waals surface area contributed by atoms with Crippen LogP contribution in [0.3, 0.4) is 0 Å². The molecule has 2 aromatic rings. The van der Waals surface area contributed by atoms with Crippen molar-refractivity contribution in [2.45, 2.75) is 25.8 Å². The highest BCUT2D eigenvalue weighted by Gasteiger charge is 2.21. The Morgan fingerprint density at radius 2 is 1.70 bits per heavy atom. The number of carboxylic acid groups (broad SMARTS) is 1. The first kappa shape index (κ1) is 20.5. The summed E-state index contributed by atoms with van der Waals surface area (Å²) >= 11 is 5.80. The van der Waals surface area contributed by atoms with E-state index in [1.807, 2.05) is 0 Å². The van der Waals surface area contributed by atoms with Gasteiger partial charge in [-0.2, -0.15) is 0 Å². The lowest BCUT2D eigenvalue weighted by atomic mass is 10.1. The Hall–Kier alpha value is -2.86. The smallest absolute Gasteiger partial charge is 0.330 e. The van der Waals surface area contributed by atoms with Crippen LogP contribution in [0.1, 0.15) is 41.7 Å². The summed E-state index contributed by atoms with van der Waals surface area (Å²) < 4.78 is 5.52. The van der Waals surface area contributed by atoms with Gasteiger partial charge in [-0.25, -0.2) is 4.79 Å². The minimum atomic E-state index is -1.15. The number of halogens is 1. The molecular formula is C20H20ClNO5. The Kier molecular flexibility index (Phi) is 7.37. The number of aliphatic carboxylic acids is 1. The van der Waals surface area contributed by atoms with Crippen molar-refractivity contribution in [1.29, 1.82) is 0 Å². The third kappa shape index (κ3) is 6.42. The van der Waals surface area contributed by atoms with Crippen LogP contribution >= 0.6 is 11.6 Å². The minimum absolute atomic E-state index is 0.0214. The van der Waals surface area contributed by atoms with Crippen molar-refractivity contribution < 1.29 is 24.2 Å². The molecule has 1 unspecified atom stereocenters. The molecule has 0 radical (unpaired) electrons. The van der Waals surface area contributed by atoms with Gasteiger partial charge in [0.25, 0.3) is 0 Å². The van der Waals surface area contributed by atoms with Crippen LogP contribution in [-0.4, -0.2) is 29.4 Å². The molecule has 0 aromatic heterocycles. The number of carbonyl (C=O) groups excluding carboxylic acids is 2. The number of benzene rings is 2. The highest BCUT2D eigenvalue weighted by atomic mass is 35.5. The largest absolute Gasteiger partial charge is 0.494 e. The molecule has 6 nitrogen and oxygen atoms in total. The van der Waals surface area contributed by atoms with Crippen molar-refractivity contribution in [2.75, 3.05) is 6.61 Å². The second-order valence-electron chi connectivity index (χ2n) is 5.92. The topological polar surface area (TPSA) is 92.7 Å². The van der Waals surface area contributed by atoms with Crippen molar-refractivity contribution in [3.8, 4) is 5.75 Å². The van der Waals surface area contributed by atoms with Crippen LogP contribution in [0.4, 0.5) is 0 Å². The maximum atomic E-state index is 12.0. The predicted molar refractivity (Wildman–Crippen MR) is 101 cm³/mol. The molecular weight excluding hydrogens is 370 g/mol. The molecule has 2 aromatic carbocycles. The van der Waals surface area contributed by atoms with Crippen molar-refractivity contribution >= 4 is 29.3 Å². The molecule has 142 valence electrons. The van der Waals surface area contributed by atoms with Gasteiger partial charge in [-0.3, -0.25) is 9.59 Å². The van der Waals surface area contributed by atoms with E-state index in [0.29, 0.717) is 34.9 Å². The van der Waals surface area contributed by atoms with E-state index in [-0.39, 0.29) is 18.1 Å². The van der Waals surface area contributed by atoms with Crippen LogP contribution in [-0.2, 0) is 9.59 Å². The summed E-state index contributed by atoms with van der Waals surface area (Å²) in [6.45, 7) is 1.79. The summed E-state index contributed by atoms with van der Waals surface area (Å²) in [6.07, 6.45) is 0.552. The van der Waals surface area contributed by atoms with Crippen LogP contribution in [0.5, 0.6) is 5.75 Å². The number of Topliss-reactive ketones (excluding diaryl/α,β-unsaturated/α-hetero) is 1. The maximum absolute atomic E-state index is 12.0. The van der Waals surface area contributed by atoms with Crippen molar-refractivity contribution in [3.05, 3.63) is 64.7 Å². The average Bonchev–Trinajstić information content (AvgIpc) is 2.64. The number of ketones is 1. The molecule has 1 atom stereocenters. The zero-order valence-corrected chi connectivity index (χ0v) is 15.5. The fourth-order valence-corrected chi connectivity index (χ4v) is 2.51. The number of amides is 1. The molecule has 0 aliphatic rings. The highest BCUT2D eigenvalue weighted by molar-refractivity contribution is 6.30. The summed E-state index contributed by atoms with van der Waals surface area (Å²) in [6, 6.07) is 11.9. The summed E-state index contributed by atoms with van der Waals surface area (Å²) in [5, 5.41) is 12.3. The standard InChI is InChI=1S/C20H20ClNO5/c1-13(23)14-6-10-17(11-7-14)27-12-2-3-18(24)22-19(20(25)26)15-4-8-16(21)9-5-15/h4-11,19H,2-3,12H2,1H3,(H,22,24)(H,25,26). The van der Waals surface area contributed by atoms with Gasteiger partial charge >= 0.3 is 5.97 Å². The van der Waals surface area contributed by atoms with Crippen molar-refractivity contribution in [3.63, 3.8) is 0 Å². The Labute approximate surface area is 162 Å². The van der Waals surface area contributed by atoms with E-state index in [2.05, 4.69) is 5.32 Å². The monoisotopic (exact) mass is 389 g/mol. The number of rotatable bonds is 9. The van der Waals surface area contributed by atoms with Gasteiger partial charge in [0.2, 0.25) is 5.91 Å². The molecule has 0 saturated carbocycles. The van der Waals surface area contributed by atoms with E-state index >= 15 is 0 Å². The second-order valence-corrected chi connectivity index (χ2v) is 6.36. The molecule has 0 aliphatic heterocycles. The fourth-order valence-electron chi connectivity index (χ4n) is 2.38. The highest BCUT2D eigenvalue weighted by Crippen LogP contribution is 2.17.